The van der Waals surface area contributed by atoms with E-state index in [1.807, 2.05) is 30.3 Å². The van der Waals surface area contributed by atoms with Gasteiger partial charge in [0.15, 0.2) is 0 Å². The molecule has 7 heteroatoms. The van der Waals surface area contributed by atoms with Gasteiger partial charge in [0.2, 0.25) is 15.9 Å². The van der Waals surface area contributed by atoms with E-state index in [9.17, 15) is 4.79 Å². The Labute approximate surface area is 154 Å². The summed E-state index contributed by atoms with van der Waals surface area (Å²) in [6, 6.07) is 15.9. The number of halogens is 4. The van der Waals surface area contributed by atoms with Crippen molar-refractivity contribution in [1.82, 2.24) is 5.32 Å². The van der Waals surface area contributed by atoms with Gasteiger partial charge in [-0.25, -0.2) is 0 Å². The van der Waals surface area contributed by atoms with Crippen LogP contribution in [0.3, 0.4) is 0 Å². The van der Waals surface area contributed by atoms with Crippen molar-refractivity contribution >= 4 is 52.3 Å². The molecule has 122 valence electrons. The van der Waals surface area contributed by atoms with E-state index in [1.54, 1.807) is 24.3 Å². The van der Waals surface area contributed by atoms with Crippen LogP contribution in [0.15, 0.2) is 54.6 Å². The quantitative estimate of drug-likeness (QED) is 0.587. The Bertz CT molecular complexity index is 659. The molecule has 0 bridgehead atoms. The molecule has 0 aromatic heterocycles. The number of carbonyl (C=O) groups excluding carboxylic acids is 1. The number of nitrogens with one attached hydrogen (secondary N) is 1. The molecule has 1 atom stereocenters. The first-order valence-corrected chi connectivity index (χ1v) is 8.18. The smallest absolute Gasteiger partial charge is 0.246 e. The molecular weight excluding hydrogens is 380 g/mol. The predicted molar refractivity (Wildman–Crippen MR) is 94.4 cm³/mol. The molecule has 0 aliphatic rings. The van der Waals surface area contributed by atoms with Crippen molar-refractivity contribution in [1.29, 1.82) is 0 Å². The van der Waals surface area contributed by atoms with Gasteiger partial charge in [-0.2, -0.15) is 0 Å². The summed E-state index contributed by atoms with van der Waals surface area (Å²) >= 11 is 23.7. The summed E-state index contributed by atoms with van der Waals surface area (Å²) in [6.07, 6.45) is -1.03. The Kier molecular flexibility index (Phi) is 6.42. The molecule has 1 amide bonds. The highest BCUT2D eigenvalue weighted by Gasteiger charge is 2.36. The van der Waals surface area contributed by atoms with Crippen LogP contribution < -0.4 is 10.1 Å². The summed E-state index contributed by atoms with van der Waals surface area (Å²) in [6.45, 7) is 0. The first-order valence-electron chi connectivity index (χ1n) is 6.67. The normalized spacial score (nSPS) is 12.5. The molecule has 0 aliphatic heterocycles. The molecule has 0 saturated carbocycles. The van der Waals surface area contributed by atoms with Crippen LogP contribution in [0.4, 0.5) is 0 Å². The van der Waals surface area contributed by atoms with Crippen LogP contribution in [-0.4, -0.2) is 15.9 Å². The molecular formula is C16H13Cl4NO2. The number of rotatable bonds is 5. The summed E-state index contributed by atoms with van der Waals surface area (Å²) in [5.74, 6) is -0.0231. The Morgan fingerprint density at radius 2 is 1.65 bits per heavy atom. The van der Waals surface area contributed by atoms with Gasteiger partial charge < -0.3 is 10.1 Å². The summed E-state index contributed by atoms with van der Waals surface area (Å²) in [7, 11) is 0. The highest BCUT2D eigenvalue weighted by Crippen LogP contribution is 2.34. The van der Waals surface area contributed by atoms with Gasteiger partial charge in [0, 0.05) is 0 Å². The lowest BCUT2D eigenvalue weighted by molar-refractivity contribution is -0.122. The predicted octanol–water partition coefficient (Wildman–Crippen LogP) is 4.77. The van der Waals surface area contributed by atoms with Crippen molar-refractivity contribution in [2.45, 2.75) is 16.4 Å². The highest BCUT2D eigenvalue weighted by atomic mass is 35.6. The number of benzene rings is 2. The minimum Gasteiger partial charge on any atom is -0.464 e. The third-order valence-corrected chi connectivity index (χ3v) is 3.79. The molecule has 0 fully saturated rings. The molecule has 2 rings (SSSR count). The molecule has 23 heavy (non-hydrogen) atoms. The second kappa shape index (κ2) is 8.11. The lowest BCUT2D eigenvalue weighted by Gasteiger charge is -2.26. The standard InChI is InChI=1S/C16H13Cl4NO2/c17-12-8-4-5-9-13(12)23-15(16(18,19)20)21-14(22)10-11-6-2-1-3-7-11/h1-9,15H,10H2,(H,21,22)/t15-/m1/s1. The Morgan fingerprint density at radius 1 is 1.04 bits per heavy atom. The number of ether oxygens (including phenoxy) is 1. The van der Waals surface area contributed by atoms with E-state index in [0.29, 0.717) is 10.8 Å². The van der Waals surface area contributed by atoms with E-state index in [0.717, 1.165) is 5.56 Å². The molecule has 0 radical (unpaired) electrons. The second-order valence-electron chi connectivity index (χ2n) is 4.70. The number of hydrogen-bond donors (Lipinski definition) is 1. The van der Waals surface area contributed by atoms with Crippen molar-refractivity contribution in [2.75, 3.05) is 0 Å². The molecule has 0 aliphatic carbocycles. The van der Waals surface area contributed by atoms with Gasteiger partial charge >= 0.3 is 0 Å². The second-order valence-corrected chi connectivity index (χ2v) is 7.48. The van der Waals surface area contributed by atoms with Crippen molar-refractivity contribution in [3.63, 3.8) is 0 Å². The first-order chi connectivity index (χ1) is 10.9. The minimum absolute atomic E-state index is 0.143. The van der Waals surface area contributed by atoms with Crippen molar-refractivity contribution in [2.24, 2.45) is 0 Å². The minimum atomic E-state index is -1.86. The average Bonchev–Trinajstić information content (AvgIpc) is 2.48. The number of carbonyl (C=O) groups is 1. The van der Waals surface area contributed by atoms with Crippen LogP contribution in [-0.2, 0) is 11.2 Å². The van der Waals surface area contributed by atoms with E-state index < -0.39 is 10.0 Å². The van der Waals surface area contributed by atoms with Gasteiger partial charge in [0.25, 0.3) is 0 Å². The van der Waals surface area contributed by atoms with Gasteiger partial charge in [-0.05, 0) is 17.7 Å². The molecule has 3 nitrogen and oxygen atoms in total. The molecule has 0 spiro atoms. The van der Waals surface area contributed by atoms with Gasteiger partial charge in [-0.15, -0.1) is 0 Å². The van der Waals surface area contributed by atoms with Crippen LogP contribution >= 0.6 is 46.4 Å². The summed E-state index contributed by atoms with van der Waals surface area (Å²) in [4.78, 5) is 12.1. The number of amides is 1. The number of hydrogen-bond acceptors (Lipinski definition) is 2. The third-order valence-electron chi connectivity index (χ3n) is 2.88. The molecule has 1 N–H and O–H groups in total. The van der Waals surface area contributed by atoms with Crippen LogP contribution in [0.25, 0.3) is 0 Å². The van der Waals surface area contributed by atoms with E-state index in [4.69, 9.17) is 51.1 Å². The maximum Gasteiger partial charge on any atom is 0.246 e. The molecule has 2 aromatic carbocycles. The van der Waals surface area contributed by atoms with Crippen molar-refractivity contribution < 1.29 is 9.53 Å². The van der Waals surface area contributed by atoms with E-state index in [1.165, 1.54) is 0 Å². The zero-order valence-electron chi connectivity index (χ0n) is 11.8. The average molecular weight is 393 g/mol. The Hall–Kier alpha value is -1.13. The highest BCUT2D eigenvalue weighted by molar-refractivity contribution is 6.68. The van der Waals surface area contributed by atoms with Crippen LogP contribution in [0.5, 0.6) is 5.75 Å². The fraction of sp³-hybridized carbons (Fsp3) is 0.188. The van der Waals surface area contributed by atoms with Crippen molar-refractivity contribution in [3.8, 4) is 5.75 Å². The SMILES string of the molecule is O=C(Cc1ccccc1)N[C@H](Oc1ccccc1Cl)C(Cl)(Cl)Cl. The lowest BCUT2D eigenvalue weighted by atomic mass is 10.1. The summed E-state index contributed by atoms with van der Waals surface area (Å²) in [5, 5.41) is 2.92. The van der Waals surface area contributed by atoms with Crippen LogP contribution in [0, 0.1) is 0 Å². The Balaban J connectivity index is 2.07. The van der Waals surface area contributed by atoms with E-state index >= 15 is 0 Å². The number of alkyl halides is 3. The van der Waals surface area contributed by atoms with Crippen molar-refractivity contribution in [3.05, 3.63) is 65.2 Å². The molecule has 0 heterocycles. The zero-order chi connectivity index (χ0) is 16.9. The fourth-order valence-electron chi connectivity index (χ4n) is 1.82. The summed E-state index contributed by atoms with van der Waals surface area (Å²) in [5.41, 5.74) is 0.839. The molecule has 0 saturated heterocycles. The largest absolute Gasteiger partial charge is 0.464 e. The zero-order valence-corrected chi connectivity index (χ0v) is 14.8. The van der Waals surface area contributed by atoms with Gasteiger partial charge in [0.05, 0.1) is 11.4 Å². The Morgan fingerprint density at radius 3 is 2.26 bits per heavy atom. The van der Waals surface area contributed by atoms with Crippen LogP contribution in [0.2, 0.25) is 5.02 Å². The number of para-hydroxylation sites is 1. The topological polar surface area (TPSA) is 38.3 Å². The first kappa shape index (κ1) is 18.2. The van der Waals surface area contributed by atoms with Gasteiger partial charge in [0.1, 0.15) is 5.75 Å². The maximum absolute atomic E-state index is 12.1. The van der Waals surface area contributed by atoms with Crippen LogP contribution in [0.1, 0.15) is 5.56 Å². The molecule has 0 unspecified atom stereocenters. The maximum atomic E-state index is 12.1. The van der Waals surface area contributed by atoms with E-state index in [2.05, 4.69) is 5.32 Å². The van der Waals surface area contributed by atoms with E-state index in [-0.39, 0.29) is 12.3 Å². The monoisotopic (exact) mass is 391 g/mol. The lowest BCUT2D eigenvalue weighted by Crippen LogP contribution is -2.48. The fourth-order valence-corrected chi connectivity index (χ4v) is 2.30. The molecule has 2 aromatic rings. The van der Waals surface area contributed by atoms with Gasteiger partial charge in [-0.1, -0.05) is 88.9 Å². The van der Waals surface area contributed by atoms with Gasteiger partial charge in [-0.3, -0.25) is 4.79 Å². The third kappa shape index (κ3) is 5.78. The summed E-state index contributed by atoms with van der Waals surface area (Å²) < 4.78 is 3.70.